The van der Waals surface area contributed by atoms with Gasteiger partial charge < -0.3 is 14.9 Å². The average molecular weight is 214 g/mol. The predicted molar refractivity (Wildman–Crippen MR) is 64.1 cm³/mol. The summed E-state index contributed by atoms with van der Waals surface area (Å²) in [7, 11) is 4.24. The van der Waals surface area contributed by atoms with Gasteiger partial charge in [-0.3, -0.25) is 0 Å². The van der Waals surface area contributed by atoms with Gasteiger partial charge in [-0.15, -0.1) is 0 Å². The molecule has 0 amide bonds. The smallest absolute Gasteiger partial charge is 0.0555 e. The summed E-state index contributed by atoms with van der Waals surface area (Å²) >= 11 is 0. The van der Waals surface area contributed by atoms with E-state index in [1.54, 1.807) is 0 Å². The second-order valence-electron chi connectivity index (χ2n) is 4.91. The average Bonchev–Trinajstić information content (AvgIpc) is 2.59. The fourth-order valence-electron chi connectivity index (χ4n) is 2.46. The van der Waals surface area contributed by atoms with E-state index in [0.717, 1.165) is 25.9 Å². The van der Waals surface area contributed by atoms with Crippen LogP contribution in [0.2, 0.25) is 0 Å². The lowest BCUT2D eigenvalue weighted by Crippen LogP contribution is -2.35. The number of aliphatic hydroxyl groups excluding tert-OH is 1. The maximum atomic E-state index is 9.52. The van der Waals surface area contributed by atoms with Crippen LogP contribution in [0.15, 0.2) is 0 Å². The third-order valence-electron chi connectivity index (χ3n) is 3.35. The molecular formula is C12H26N2O. The van der Waals surface area contributed by atoms with Crippen molar-refractivity contribution in [2.24, 2.45) is 0 Å². The molecule has 1 fully saturated rings. The van der Waals surface area contributed by atoms with Gasteiger partial charge in [0.25, 0.3) is 0 Å². The first-order valence-corrected chi connectivity index (χ1v) is 6.20. The highest BCUT2D eigenvalue weighted by Gasteiger charge is 2.26. The molecule has 2 atom stereocenters. The van der Waals surface area contributed by atoms with E-state index in [2.05, 4.69) is 30.8 Å². The lowest BCUT2D eigenvalue weighted by Gasteiger charge is -2.27. The van der Waals surface area contributed by atoms with Crippen LogP contribution >= 0.6 is 0 Å². The summed E-state index contributed by atoms with van der Waals surface area (Å²) in [5.41, 5.74) is 0. The van der Waals surface area contributed by atoms with Gasteiger partial charge in [0.15, 0.2) is 0 Å². The highest BCUT2D eigenvalue weighted by atomic mass is 16.3. The summed E-state index contributed by atoms with van der Waals surface area (Å²) < 4.78 is 0. The lowest BCUT2D eigenvalue weighted by atomic mass is 10.2. The van der Waals surface area contributed by atoms with Gasteiger partial charge >= 0.3 is 0 Å². The summed E-state index contributed by atoms with van der Waals surface area (Å²) in [6.07, 6.45) is 4.34. The van der Waals surface area contributed by atoms with E-state index in [9.17, 15) is 5.11 Å². The van der Waals surface area contributed by atoms with Crippen LogP contribution in [-0.2, 0) is 0 Å². The maximum Gasteiger partial charge on any atom is 0.0555 e. The van der Waals surface area contributed by atoms with Gasteiger partial charge in [-0.05, 0) is 59.4 Å². The molecular weight excluding hydrogens is 188 g/mol. The van der Waals surface area contributed by atoms with Crippen LogP contribution in [0.5, 0.6) is 0 Å². The Morgan fingerprint density at radius 1 is 1.20 bits per heavy atom. The Labute approximate surface area is 94.1 Å². The molecule has 1 aliphatic carbocycles. The molecule has 0 heterocycles. The van der Waals surface area contributed by atoms with Crippen molar-refractivity contribution in [2.75, 3.05) is 33.7 Å². The Bertz CT molecular complexity index is 173. The van der Waals surface area contributed by atoms with Crippen molar-refractivity contribution in [1.29, 1.82) is 0 Å². The van der Waals surface area contributed by atoms with Gasteiger partial charge in [0, 0.05) is 6.04 Å². The van der Waals surface area contributed by atoms with Gasteiger partial charge in [-0.2, -0.15) is 0 Å². The standard InChI is InChI=1S/C12H26N2O/c1-4-14(9-5-8-13(2)3)11-6-7-12(15)10-11/h11-12,15H,4-10H2,1-3H3. The zero-order chi connectivity index (χ0) is 11.3. The third kappa shape index (κ3) is 4.49. The van der Waals surface area contributed by atoms with Crippen LogP contribution in [-0.4, -0.2) is 60.8 Å². The minimum absolute atomic E-state index is 0.0436. The fraction of sp³-hybridized carbons (Fsp3) is 1.00. The Kier molecular flexibility index (Phi) is 5.58. The van der Waals surface area contributed by atoms with Crippen molar-refractivity contribution in [2.45, 2.75) is 44.8 Å². The van der Waals surface area contributed by atoms with Crippen LogP contribution in [0.4, 0.5) is 0 Å². The summed E-state index contributed by atoms with van der Waals surface area (Å²) in [5, 5.41) is 9.52. The van der Waals surface area contributed by atoms with E-state index in [-0.39, 0.29) is 6.10 Å². The van der Waals surface area contributed by atoms with Crippen molar-refractivity contribution in [3.05, 3.63) is 0 Å². The van der Waals surface area contributed by atoms with Gasteiger partial charge in [0.2, 0.25) is 0 Å². The second-order valence-corrected chi connectivity index (χ2v) is 4.91. The first-order valence-electron chi connectivity index (χ1n) is 6.20. The number of aliphatic hydroxyl groups is 1. The molecule has 0 aromatic heterocycles. The zero-order valence-electron chi connectivity index (χ0n) is 10.4. The monoisotopic (exact) mass is 214 g/mol. The number of hydrogen-bond donors (Lipinski definition) is 1. The minimum Gasteiger partial charge on any atom is -0.393 e. The van der Waals surface area contributed by atoms with Gasteiger partial charge in [-0.1, -0.05) is 6.92 Å². The third-order valence-corrected chi connectivity index (χ3v) is 3.35. The Morgan fingerprint density at radius 2 is 1.93 bits per heavy atom. The van der Waals surface area contributed by atoms with Crippen molar-refractivity contribution in [3.63, 3.8) is 0 Å². The van der Waals surface area contributed by atoms with E-state index >= 15 is 0 Å². The molecule has 90 valence electrons. The highest BCUT2D eigenvalue weighted by Crippen LogP contribution is 2.23. The van der Waals surface area contributed by atoms with Gasteiger partial charge in [-0.25, -0.2) is 0 Å². The van der Waals surface area contributed by atoms with Gasteiger partial charge in [0.05, 0.1) is 6.10 Å². The molecule has 0 radical (unpaired) electrons. The Hall–Kier alpha value is -0.120. The van der Waals surface area contributed by atoms with Crippen molar-refractivity contribution in [1.82, 2.24) is 9.80 Å². The highest BCUT2D eigenvalue weighted by molar-refractivity contribution is 4.82. The Morgan fingerprint density at radius 3 is 2.40 bits per heavy atom. The molecule has 0 saturated heterocycles. The van der Waals surface area contributed by atoms with E-state index in [1.807, 2.05) is 0 Å². The minimum atomic E-state index is -0.0436. The SMILES string of the molecule is CCN(CCCN(C)C)C1CCC(O)C1. The van der Waals surface area contributed by atoms with Crippen LogP contribution < -0.4 is 0 Å². The van der Waals surface area contributed by atoms with Crippen molar-refractivity contribution >= 4 is 0 Å². The quantitative estimate of drug-likeness (QED) is 0.719. The summed E-state index contributed by atoms with van der Waals surface area (Å²) in [5.74, 6) is 0. The van der Waals surface area contributed by atoms with E-state index in [0.29, 0.717) is 6.04 Å². The van der Waals surface area contributed by atoms with Crippen LogP contribution in [0.3, 0.4) is 0 Å². The summed E-state index contributed by atoms with van der Waals surface area (Å²) in [6.45, 7) is 5.67. The molecule has 15 heavy (non-hydrogen) atoms. The van der Waals surface area contributed by atoms with Crippen LogP contribution in [0, 0.1) is 0 Å². The van der Waals surface area contributed by atoms with Crippen LogP contribution in [0.25, 0.3) is 0 Å². The number of rotatable bonds is 6. The van der Waals surface area contributed by atoms with Crippen LogP contribution in [0.1, 0.15) is 32.6 Å². The summed E-state index contributed by atoms with van der Waals surface area (Å²) in [6, 6.07) is 0.632. The number of nitrogens with zero attached hydrogens (tertiary/aromatic N) is 2. The first kappa shape index (κ1) is 12.9. The molecule has 1 N–H and O–H groups in total. The number of hydrogen-bond acceptors (Lipinski definition) is 3. The molecule has 1 aliphatic rings. The molecule has 0 aliphatic heterocycles. The molecule has 0 aromatic rings. The molecule has 0 aromatic carbocycles. The molecule has 3 nitrogen and oxygen atoms in total. The zero-order valence-corrected chi connectivity index (χ0v) is 10.4. The second kappa shape index (κ2) is 6.46. The van der Waals surface area contributed by atoms with E-state index in [4.69, 9.17) is 0 Å². The first-order chi connectivity index (χ1) is 7.13. The predicted octanol–water partition coefficient (Wildman–Crippen LogP) is 1.17. The normalized spacial score (nSPS) is 26.8. The van der Waals surface area contributed by atoms with E-state index < -0.39 is 0 Å². The largest absolute Gasteiger partial charge is 0.393 e. The molecule has 1 rings (SSSR count). The van der Waals surface area contributed by atoms with E-state index in [1.165, 1.54) is 19.4 Å². The molecule has 3 heteroatoms. The van der Waals surface area contributed by atoms with Crippen molar-refractivity contribution < 1.29 is 5.11 Å². The maximum absolute atomic E-state index is 9.52. The Balaban J connectivity index is 2.23. The molecule has 2 unspecified atom stereocenters. The van der Waals surface area contributed by atoms with Crippen molar-refractivity contribution in [3.8, 4) is 0 Å². The topological polar surface area (TPSA) is 26.7 Å². The molecule has 1 saturated carbocycles. The lowest BCUT2D eigenvalue weighted by molar-refractivity contribution is 0.151. The van der Waals surface area contributed by atoms with Gasteiger partial charge in [0.1, 0.15) is 0 Å². The fourth-order valence-corrected chi connectivity index (χ4v) is 2.46. The summed E-state index contributed by atoms with van der Waals surface area (Å²) in [4.78, 5) is 4.76. The molecule has 0 spiro atoms. The molecule has 0 bridgehead atoms.